The number of nitrogens with zero attached hydrogens (tertiary/aromatic N) is 1. The molecule has 1 aromatic carbocycles. The van der Waals surface area contributed by atoms with Crippen LogP contribution < -0.4 is 16.4 Å². The number of pyridine rings is 1. The first-order valence-corrected chi connectivity index (χ1v) is 8.00. The van der Waals surface area contributed by atoms with Gasteiger partial charge in [0.05, 0.1) is 17.4 Å². The molecule has 3 rings (SSSR count). The fourth-order valence-corrected chi connectivity index (χ4v) is 2.81. The number of carbonyl (C=O) groups excluding carboxylic acids is 2. The Morgan fingerprint density at radius 1 is 0.962 bits per heavy atom. The van der Waals surface area contributed by atoms with E-state index in [-0.39, 0.29) is 36.6 Å². The summed E-state index contributed by atoms with van der Waals surface area (Å²) in [6, 6.07) is 12.2. The van der Waals surface area contributed by atoms with Crippen LogP contribution in [0, 0.1) is 0 Å². The Labute approximate surface area is 164 Å². The molecule has 0 radical (unpaired) electrons. The summed E-state index contributed by atoms with van der Waals surface area (Å²) in [5, 5.41) is 5.51. The van der Waals surface area contributed by atoms with Gasteiger partial charge in [-0.15, -0.1) is 24.8 Å². The van der Waals surface area contributed by atoms with E-state index in [1.807, 2.05) is 6.07 Å². The number of rotatable bonds is 4. The van der Waals surface area contributed by atoms with E-state index in [2.05, 4.69) is 15.6 Å². The maximum absolute atomic E-state index is 12.3. The summed E-state index contributed by atoms with van der Waals surface area (Å²) in [6.07, 6.45) is 4.88. The van der Waals surface area contributed by atoms with Crippen molar-refractivity contribution >= 4 is 48.1 Å². The smallest absolute Gasteiger partial charge is 0.256 e. The van der Waals surface area contributed by atoms with Crippen LogP contribution in [0.4, 0.5) is 11.5 Å². The van der Waals surface area contributed by atoms with Crippen molar-refractivity contribution in [1.82, 2.24) is 4.98 Å². The number of benzene rings is 1. The van der Waals surface area contributed by atoms with Crippen molar-refractivity contribution in [3.8, 4) is 0 Å². The lowest BCUT2D eigenvalue weighted by molar-refractivity contribution is -0.121. The van der Waals surface area contributed by atoms with Crippen LogP contribution in [0.5, 0.6) is 0 Å². The van der Waals surface area contributed by atoms with Crippen LogP contribution in [0.1, 0.15) is 36.0 Å². The van der Waals surface area contributed by atoms with Gasteiger partial charge in [-0.25, -0.2) is 4.98 Å². The van der Waals surface area contributed by atoms with Crippen LogP contribution in [0.25, 0.3) is 0 Å². The number of anilines is 2. The van der Waals surface area contributed by atoms with Crippen LogP contribution in [0.3, 0.4) is 0 Å². The molecule has 0 unspecified atom stereocenters. The molecular weight excluding hydrogens is 375 g/mol. The number of aromatic nitrogens is 1. The minimum absolute atomic E-state index is 0. The summed E-state index contributed by atoms with van der Waals surface area (Å²) in [7, 11) is 0. The van der Waals surface area contributed by atoms with Gasteiger partial charge in [0.1, 0.15) is 5.82 Å². The molecule has 1 saturated carbocycles. The standard InChI is InChI=1S/C18H20N4O2.2ClH/c19-18(10-4-5-11-18)17(24)21-14-8-9-15(20-12-14)22-16(23)13-6-2-1-3-7-13;;/h1-3,6-9,12H,4-5,10-11,19H2,(H,21,24)(H,20,22,23);2*1H. The third-order valence-electron chi connectivity index (χ3n) is 4.25. The predicted molar refractivity (Wildman–Crippen MR) is 107 cm³/mol. The lowest BCUT2D eigenvalue weighted by Gasteiger charge is -2.22. The SMILES string of the molecule is Cl.Cl.NC1(C(=O)Nc2ccc(NC(=O)c3ccccc3)nc2)CCCC1. The molecule has 0 aliphatic heterocycles. The normalized spacial score (nSPS) is 14.5. The lowest BCUT2D eigenvalue weighted by Crippen LogP contribution is -2.48. The van der Waals surface area contributed by atoms with E-state index in [1.165, 1.54) is 6.20 Å². The number of amides is 2. The minimum Gasteiger partial charge on any atom is -0.323 e. The van der Waals surface area contributed by atoms with Gasteiger partial charge in [-0.3, -0.25) is 9.59 Å². The van der Waals surface area contributed by atoms with Crippen molar-refractivity contribution in [1.29, 1.82) is 0 Å². The molecule has 4 N–H and O–H groups in total. The van der Waals surface area contributed by atoms with E-state index in [9.17, 15) is 9.59 Å². The zero-order chi connectivity index (χ0) is 17.0. The Hall–Kier alpha value is -2.15. The maximum Gasteiger partial charge on any atom is 0.256 e. The molecule has 0 saturated heterocycles. The maximum atomic E-state index is 12.3. The van der Waals surface area contributed by atoms with Gasteiger partial charge in [0.25, 0.3) is 5.91 Å². The van der Waals surface area contributed by atoms with Crippen LogP contribution in [0.15, 0.2) is 48.7 Å². The van der Waals surface area contributed by atoms with Crippen LogP contribution >= 0.6 is 24.8 Å². The first-order chi connectivity index (χ1) is 11.6. The van der Waals surface area contributed by atoms with Gasteiger partial charge < -0.3 is 16.4 Å². The molecule has 0 atom stereocenters. The Bertz CT molecular complexity index is 733. The number of hydrogen-bond donors (Lipinski definition) is 3. The first kappa shape index (κ1) is 21.9. The number of nitrogens with two attached hydrogens (primary N) is 1. The molecule has 1 aliphatic carbocycles. The second-order valence-corrected chi connectivity index (χ2v) is 6.07. The Balaban J connectivity index is 0.00000169. The number of halogens is 2. The molecule has 2 aromatic rings. The molecule has 2 amide bonds. The van der Waals surface area contributed by atoms with Gasteiger partial charge in [-0.05, 0) is 37.1 Å². The van der Waals surface area contributed by atoms with E-state index in [4.69, 9.17) is 5.73 Å². The molecule has 140 valence electrons. The summed E-state index contributed by atoms with van der Waals surface area (Å²) in [4.78, 5) is 28.5. The van der Waals surface area contributed by atoms with Crippen molar-refractivity contribution in [3.05, 3.63) is 54.2 Å². The Morgan fingerprint density at radius 3 is 2.19 bits per heavy atom. The molecule has 0 spiro atoms. The summed E-state index contributed by atoms with van der Waals surface area (Å²) >= 11 is 0. The van der Waals surface area contributed by atoms with Crippen LogP contribution in [0.2, 0.25) is 0 Å². The quantitative estimate of drug-likeness (QED) is 0.737. The van der Waals surface area contributed by atoms with E-state index in [0.29, 0.717) is 29.9 Å². The van der Waals surface area contributed by atoms with E-state index >= 15 is 0 Å². The highest BCUT2D eigenvalue weighted by Crippen LogP contribution is 2.28. The average molecular weight is 397 g/mol. The fraction of sp³-hybridized carbons (Fsp3) is 0.278. The van der Waals surface area contributed by atoms with Gasteiger partial charge in [-0.1, -0.05) is 31.0 Å². The van der Waals surface area contributed by atoms with Crippen LogP contribution in [-0.4, -0.2) is 22.3 Å². The lowest BCUT2D eigenvalue weighted by atomic mass is 9.98. The zero-order valence-corrected chi connectivity index (χ0v) is 15.7. The largest absolute Gasteiger partial charge is 0.323 e. The topological polar surface area (TPSA) is 97.1 Å². The number of nitrogens with one attached hydrogen (secondary N) is 2. The van der Waals surface area contributed by atoms with Gasteiger partial charge in [-0.2, -0.15) is 0 Å². The van der Waals surface area contributed by atoms with Gasteiger partial charge in [0.2, 0.25) is 5.91 Å². The van der Waals surface area contributed by atoms with Crippen molar-refractivity contribution in [2.45, 2.75) is 31.2 Å². The summed E-state index contributed by atoms with van der Waals surface area (Å²) < 4.78 is 0. The van der Waals surface area contributed by atoms with Gasteiger partial charge in [0, 0.05) is 5.56 Å². The van der Waals surface area contributed by atoms with E-state index < -0.39 is 5.54 Å². The highest BCUT2D eigenvalue weighted by atomic mass is 35.5. The second kappa shape index (κ2) is 9.52. The molecule has 1 aromatic heterocycles. The highest BCUT2D eigenvalue weighted by Gasteiger charge is 2.36. The third-order valence-corrected chi connectivity index (χ3v) is 4.25. The van der Waals surface area contributed by atoms with Crippen molar-refractivity contribution in [2.75, 3.05) is 10.6 Å². The van der Waals surface area contributed by atoms with E-state index in [1.54, 1.807) is 36.4 Å². The number of hydrogen-bond acceptors (Lipinski definition) is 4. The van der Waals surface area contributed by atoms with E-state index in [0.717, 1.165) is 12.8 Å². The average Bonchev–Trinajstić information content (AvgIpc) is 3.05. The van der Waals surface area contributed by atoms with Gasteiger partial charge >= 0.3 is 0 Å². The third kappa shape index (κ3) is 5.17. The monoisotopic (exact) mass is 396 g/mol. The summed E-state index contributed by atoms with van der Waals surface area (Å²) in [5.41, 5.74) is 6.47. The molecule has 1 fully saturated rings. The summed E-state index contributed by atoms with van der Waals surface area (Å²) in [5.74, 6) is 0.0137. The highest BCUT2D eigenvalue weighted by molar-refractivity contribution is 6.04. The summed E-state index contributed by atoms with van der Waals surface area (Å²) in [6.45, 7) is 0. The zero-order valence-electron chi connectivity index (χ0n) is 14.1. The molecule has 1 heterocycles. The predicted octanol–water partition coefficient (Wildman–Crippen LogP) is 3.39. The Morgan fingerprint density at radius 2 is 1.62 bits per heavy atom. The van der Waals surface area contributed by atoms with Crippen LogP contribution in [-0.2, 0) is 4.79 Å². The molecule has 8 heteroatoms. The molecule has 6 nitrogen and oxygen atoms in total. The molecular formula is C18H22Cl2N4O2. The molecule has 26 heavy (non-hydrogen) atoms. The Kier molecular flexibility index (Phi) is 8.02. The van der Waals surface area contributed by atoms with Crippen molar-refractivity contribution in [2.24, 2.45) is 5.73 Å². The van der Waals surface area contributed by atoms with Crippen molar-refractivity contribution in [3.63, 3.8) is 0 Å². The van der Waals surface area contributed by atoms with Crippen molar-refractivity contribution < 1.29 is 9.59 Å². The minimum atomic E-state index is -0.778. The fourth-order valence-electron chi connectivity index (χ4n) is 2.81. The van der Waals surface area contributed by atoms with Gasteiger partial charge in [0.15, 0.2) is 0 Å². The first-order valence-electron chi connectivity index (χ1n) is 8.00. The molecule has 0 bridgehead atoms. The number of carbonyl (C=O) groups is 2. The molecule has 1 aliphatic rings. The second-order valence-electron chi connectivity index (χ2n) is 6.07.